The van der Waals surface area contributed by atoms with Crippen LogP contribution in [0.2, 0.25) is 0 Å². The van der Waals surface area contributed by atoms with E-state index in [2.05, 4.69) is 43.9 Å². The topological polar surface area (TPSA) is 38.5 Å². The molecule has 1 aliphatic heterocycles. The number of likely N-dealkylation sites (tertiary alicyclic amines) is 1. The average Bonchev–Trinajstić information content (AvgIpc) is 2.65. The van der Waals surface area contributed by atoms with Crippen LogP contribution in [0.1, 0.15) is 38.3 Å². The third-order valence-corrected chi connectivity index (χ3v) is 4.53. The van der Waals surface area contributed by atoms with Crippen LogP contribution >= 0.6 is 0 Å². The normalized spacial score (nSPS) is 22.7. The Bertz CT molecular complexity index is 442. The molecule has 19 heavy (non-hydrogen) atoms. The SMILES string of the molecule is CCc1cc(CN2CCC(N)C2(C)C)ccc1OC. The fraction of sp³-hybridized carbons (Fsp3) is 0.625. The second-order valence-electron chi connectivity index (χ2n) is 5.97. The molecule has 0 aromatic heterocycles. The standard InChI is InChI=1S/C16H26N2O/c1-5-13-10-12(6-7-14(13)19-4)11-18-9-8-15(17)16(18,2)3/h6-7,10,15H,5,8-9,11,17H2,1-4H3. The molecule has 3 heteroatoms. The molecule has 2 rings (SSSR count). The number of nitrogens with zero attached hydrogens (tertiary/aromatic N) is 1. The highest BCUT2D eigenvalue weighted by atomic mass is 16.5. The molecule has 2 N–H and O–H groups in total. The van der Waals surface area contributed by atoms with Crippen molar-refractivity contribution in [1.82, 2.24) is 4.90 Å². The number of ether oxygens (including phenoxy) is 1. The summed E-state index contributed by atoms with van der Waals surface area (Å²) in [6.45, 7) is 8.71. The zero-order valence-electron chi connectivity index (χ0n) is 12.6. The summed E-state index contributed by atoms with van der Waals surface area (Å²) in [5.74, 6) is 0.989. The van der Waals surface area contributed by atoms with Gasteiger partial charge in [-0.15, -0.1) is 0 Å². The van der Waals surface area contributed by atoms with Gasteiger partial charge in [-0.2, -0.15) is 0 Å². The van der Waals surface area contributed by atoms with Crippen LogP contribution in [-0.2, 0) is 13.0 Å². The summed E-state index contributed by atoms with van der Waals surface area (Å²) >= 11 is 0. The highest BCUT2D eigenvalue weighted by Gasteiger charge is 2.38. The van der Waals surface area contributed by atoms with Crippen molar-refractivity contribution in [2.24, 2.45) is 5.73 Å². The molecule has 0 saturated carbocycles. The van der Waals surface area contributed by atoms with Crippen LogP contribution in [0, 0.1) is 0 Å². The maximum absolute atomic E-state index is 6.20. The predicted molar refractivity (Wildman–Crippen MR) is 79.5 cm³/mol. The van der Waals surface area contributed by atoms with Crippen LogP contribution in [0.3, 0.4) is 0 Å². The lowest BCUT2D eigenvalue weighted by Gasteiger charge is -2.34. The second kappa shape index (κ2) is 5.51. The lowest BCUT2D eigenvalue weighted by atomic mass is 9.96. The maximum Gasteiger partial charge on any atom is 0.122 e. The van der Waals surface area contributed by atoms with Crippen molar-refractivity contribution in [3.05, 3.63) is 29.3 Å². The summed E-state index contributed by atoms with van der Waals surface area (Å²) in [6.07, 6.45) is 2.09. The minimum Gasteiger partial charge on any atom is -0.496 e. The molecule has 0 amide bonds. The van der Waals surface area contributed by atoms with E-state index < -0.39 is 0 Å². The first-order valence-electron chi connectivity index (χ1n) is 7.15. The van der Waals surface area contributed by atoms with Gasteiger partial charge in [0.1, 0.15) is 5.75 Å². The van der Waals surface area contributed by atoms with Crippen LogP contribution in [0.15, 0.2) is 18.2 Å². The third kappa shape index (κ3) is 2.77. The molecular formula is C16H26N2O. The van der Waals surface area contributed by atoms with E-state index in [4.69, 9.17) is 10.5 Å². The molecule has 0 spiro atoms. The molecule has 0 bridgehead atoms. The quantitative estimate of drug-likeness (QED) is 0.906. The molecule has 1 aromatic rings. The average molecular weight is 262 g/mol. The number of hydrogen-bond acceptors (Lipinski definition) is 3. The molecule has 1 aromatic carbocycles. The molecule has 0 radical (unpaired) electrons. The summed E-state index contributed by atoms with van der Waals surface area (Å²) in [5.41, 5.74) is 8.91. The van der Waals surface area contributed by atoms with E-state index in [1.807, 2.05) is 0 Å². The Balaban J connectivity index is 2.16. The molecule has 1 heterocycles. The van der Waals surface area contributed by atoms with Gasteiger partial charge in [0, 0.05) is 24.7 Å². The number of nitrogens with two attached hydrogens (primary N) is 1. The van der Waals surface area contributed by atoms with Gasteiger partial charge in [0.2, 0.25) is 0 Å². The van der Waals surface area contributed by atoms with Gasteiger partial charge < -0.3 is 10.5 Å². The minimum absolute atomic E-state index is 0.0896. The van der Waals surface area contributed by atoms with Crippen molar-refractivity contribution >= 4 is 0 Å². The van der Waals surface area contributed by atoms with E-state index in [1.54, 1.807) is 7.11 Å². The number of benzene rings is 1. The fourth-order valence-electron chi connectivity index (χ4n) is 2.88. The molecule has 1 unspecified atom stereocenters. The number of rotatable bonds is 4. The van der Waals surface area contributed by atoms with E-state index in [0.29, 0.717) is 0 Å². The molecule has 106 valence electrons. The summed E-state index contributed by atoms with van der Waals surface area (Å²) in [7, 11) is 1.73. The van der Waals surface area contributed by atoms with Crippen molar-refractivity contribution < 1.29 is 4.74 Å². The Labute approximate surface area is 116 Å². The third-order valence-electron chi connectivity index (χ3n) is 4.53. The Morgan fingerprint density at radius 2 is 2.16 bits per heavy atom. The van der Waals surface area contributed by atoms with Crippen molar-refractivity contribution in [2.45, 2.75) is 51.7 Å². The largest absolute Gasteiger partial charge is 0.496 e. The number of aryl methyl sites for hydroxylation is 1. The van der Waals surface area contributed by atoms with Gasteiger partial charge in [-0.1, -0.05) is 19.1 Å². The van der Waals surface area contributed by atoms with Crippen LogP contribution in [-0.4, -0.2) is 30.1 Å². The molecule has 3 nitrogen and oxygen atoms in total. The van der Waals surface area contributed by atoms with Gasteiger partial charge in [-0.3, -0.25) is 4.90 Å². The van der Waals surface area contributed by atoms with Gasteiger partial charge in [0.05, 0.1) is 7.11 Å². The molecule has 1 aliphatic rings. The van der Waals surface area contributed by atoms with Gasteiger partial charge >= 0.3 is 0 Å². The lowest BCUT2D eigenvalue weighted by Crippen LogP contribution is -2.48. The molecule has 1 saturated heterocycles. The predicted octanol–water partition coefficient (Wildman–Crippen LogP) is 2.57. The van der Waals surface area contributed by atoms with Crippen LogP contribution in [0.4, 0.5) is 0 Å². The van der Waals surface area contributed by atoms with E-state index in [-0.39, 0.29) is 11.6 Å². The summed E-state index contributed by atoms with van der Waals surface area (Å²) < 4.78 is 5.39. The molecule has 1 fully saturated rings. The Kier molecular flexibility index (Phi) is 4.16. The second-order valence-corrected chi connectivity index (χ2v) is 5.97. The monoisotopic (exact) mass is 262 g/mol. The summed E-state index contributed by atoms with van der Waals surface area (Å²) in [4.78, 5) is 2.49. The van der Waals surface area contributed by atoms with Crippen molar-refractivity contribution in [3.63, 3.8) is 0 Å². The zero-order chi connectivity index (χ0) is 14.0. The van der Waals surface area contributed by atoms with E-state index in [0.717, 1.165) is 31.7 Å². The molecular weight excluding hydrogens is 236 g/mol. The van der Waals surface area contributed by atoms with Gasteiger partial charge in [-0.05, 0) is 43.9 Å². The zero-order valence-corrected chi connectivity index (χ0v) is 12.6. The van der Waals surface area contributed by atoms with Gasteiger partial charge in [0.25, 0.3) is 0 Å². The van der Waals surface area contributed by atoms with Crippen LogP contribution in [0.5, 0.6) is 5.75 Å². The van der Waals surface area contributed by atoms with Gasteiger partial charge in [0.15, 0.2) is 0 Å². The summed E-state index contributed by atoms with van der Waals surface area (Å²) in [6, 6.07) is 6.78. The van der Waals surface area contributed by atoms with Crippen molar-refractivity contribution in [2.75, 3.05) is 13.7 Å². The molecule has 1 atom stereocenters. The first-order chi connectivity index (χ1) is 8.98. The lowest BCUT2D eigenvalue weighted by molar-refractivity contribution is 0.154. The fourth-order valence-corrected chi connectivity index (χ4v) is 2.88. The van der Waals surface area contributed by atoms with Crippen molar-refractivity contribution in [1.29, 1.82) is 0 Å². The van der Waals surface area contributed by atoms with Crippen LogP contribution in [0.25, 0.3) is 0 Å². The smallest absolute Gasteiger partial charge is 0.122 e. The Hall–Kier alpha value is -1.06. The van der Waals surface area contributed by atoms with Gasteiger partial charge in [-0.25, -0.2) is 0 Å². The minimum atomic E-state index is 0.0896. The Morgan fingerprint density at radius 1 is 1.42 bits per heavy atom. The van der Waals surface area contributed by atoms with E-state index >= 15 is 0 Å². The van der Waals surface area contributed by atoms with E-state index in [1.165, 1.54) is 11.1 Å². The number of hydrogen-bond donors (Lipinski definition) is 1. The first-order valence-corrected chi connectivity index (χ1v) is 7.15. The molecule has 0 aliphatic carbocycles. The highest BCUT2D eigenvalue weighted by Crippen LogP contribution is 2.30. The number of methoxy groups -OCH3 is 1. The summed E-state index contributed by atoms with van der Waals surface area (Å²) in [5, 5.41) is 0. The first kappa shape index (κ1) is 14.4. The highest BCUT2D eigenvalue weighted by molar-refractivity contribution is 5.37. The maximum atomic E-state index is 6.20. The Morgan fingerprint density at radius 3 is 2.68 bits per heavy atom. The van der Waals surface area contributed by atoms with Crippen molar-refractivity contribution in [3.8, 4) is 5.75 Å². The van der Waals surface area contributed by atoms with E-state index in [9.17, 15) is 0 Å². The van der Waals surface area contributed by atoms with Crippen LogP contribution < -0.4 is 10.5 Å².